The van der Waals surface area contributed by atoms with Crippen LogP contribution < -0.4 is 5.32 Å². The molecule has 0 aliphatic rings. The molecule has 0 amide bonds. The molecule has 1 rings (SSSR count). The molecule has 0 aliphatic heterocycles. The molecule has 110 valence electrons. The van der Waals surface area contributed by atoms with E-state index in [1.54, 1.807) is 11.3 Å². The highest BCUT2D eigenvalue weighted by Gasteiger charge is 2.13. The van der Waals surface area contributed by atoms with Gasteiger partial charge in [0.25, 0.3) is 0 Å². The average Bonchev–Trinajstić information content (AvgIpc) is 2.61. The smallest absolute Gasteiger partial charge is 0.211 e. The van der Waals surface area contributed by atoms with Crippen LogP contribution in [0, 0.1) is 0 Å². The van der Waals surface area contributed by atoms with Crippen LogP contribution in [-0.4, -0.2) is 38.6 Å². The molecular formula is C11H18Br2N2O2S2. The third-order valence-electron chi connectivity index (χ3n) is 2.58. The predicted molar refractivity (Wildman–Crippen MR) is 88.1 cm³/mol. The van der Waals surface area contributed by atoms with Crippen LogP contribution in [0.3, 0.4) is 0 Å². The van der Waals surface area contributed by atoms with E-state index in [2.05, 4.69) is 43.2 Å². The van der Waals surface area contributed by atoms with Crippen LogP contribution in [0.2, 0.25) is 0 Å². The van der Waals surface area contributed by atoms with Crippen LogP contribution in [0.1, 0.15) is 18.2 Å². The minimum atomic E-state index is -3.06. The van der Waals surface area contributed by atoms with E-state index < -0.39 is 10.0 Å². The van der Waals surface area contributed by atoms with E-state index in [9.17, 15) is 8.42 Å². The van der Waals surface area contributed by atoms with Crippen LogP contribution in [0.5, 0.6) is 0 Å². The zero-order valence-electron chi connectivity index (χ0n) is 10.9. The second-order valence-electron chi connectivity index (χ2n) is 4.12. The Morgan fingerprint density at radius 2 is 2.11 bits per heavy atom. The second kappa shape index (κ2) is 8.09. The fraction of sp³-hybridized carbons (Fsp3) is 0.636. The van der Waals surface area contributed by atoms with Crippen molar-refractivity contribution in [2.24, 2.45) is 0 Å². The van der Waals surface area contributed by atoms with Crippen molar-refractivity contribution < 1.29 is 8.42 Å². The molecule has 0 fully saturated rings. The van der Waals surface area contributed by atoms with Gasteiger partial charge in [-0.25, -0.2) is 12.7 Å². The number of hydrogen-bond donors (Lipinski definition) is 1. The summed E-state index contributed by atoms with van der Waals surface area (Å²) < 4.78 is 26.4. The summed E-state index contributed by atoms with van der Waals surface area (Å²) in [6.07, 6.45) is 2.07. The average molecular weight is 434 g/mol. The van der Waals surface area contributed by atoms with Gasteiger partial charge >= 0.3 is 0 Å². The molecule has 0 aliphatic carbocycles. The van der Waals surface area contributed by atoms with Crippen molar-refractivity contribution in [2.45, 2.75) is 19.9 Å². The molecule has 0 radical (unpaired) electrons. The monoisotopic (exact) mass is 432 g/mol. The van der Waals surface area contributed by atoms with Crippen molar-refractivity contribution in [3.63, 3.8) is 0 Å². The summed E-state index contributed by atoms with van der Waals surface area (Å²) in [5, 5.41) is 3.32. The van der Waals surface area contributed by atoms with E-state index in [1.165, 1.54) is 15.4 Å². The maximum absolute atomic E-state index is 11.4. The fourth-order valence-corrected chi connectivity index (χ4v) is 4.71. The molecule has 0 unspecified atom stereocenters. The number of hydrogen-bond acceptors (Lipinski definition) is 4. The third kappa shape index (κ3) is 6.22. The zero-order valence-corrected chi connectivity index (χ0v) is 15.8. The Morgan fingerprint density at radius 3 is 2.58 bits per heavy atom. The van der Waals surface area contributed by atoms with E-state index in [0.717, 1.165) is 27.8 Å². The Bertz CT molecular complexity index is 483. The standard InChI is InChI=1S/C11H18Br2N2O2S2/c1-3-15(19(2,16)17)6-4-5-14-8-9-7-10(12)11(13)18-9/h7,14H,3-6,8H2,1-2H3. The van der Waals surface area contributed by atoms with Crippen LogP contribution in [-0.2, 0) is 16.6 Å². The molecule has 1 N–H and O–H groups in total. The van der Waals surface area contributed by atoms with Gasteiger partial charge in [0.1, 0.15) is 0 Å². The summed E-state index contributed by atoms with van der Waals surface area (Å²) in [6.45, 7) is 4.57. The molecule has 4 nitrogen and oxygen atoms in total. The van der Waals surface area contributed by atoms with Crippen molar-refractivity contribution in [3.05, 3.63) is 19.2 Å². The molecule has 19 heavy (non-hydrogen) atoms. The molecule has 1 aromatic rings. The van der Waals surface area contributed by atoms with Crippen LogP contribution in [0.25, 0.3) is 0 Å². The molecule has 0 aromatic carbocycles. The summed E-state index contributed by atoms with van der Waals surface area (Å²) in [5.74, 6) is 0. The minimum absolute atomic E-state index is 0.531. The Balaban J connectivity index is 2.24. The van der Waals surface area contributed by atoms with E-state index in [-0.39, 0.29) is 0 Å². The lowest BCUT2D eigenvalue weighted by Crippen LogP contribution is -2.32. The summed E-state index contributed by atoms with van der Waals surface area (Å²) in [6, 6.07) is 2.08. The lowest BCUT2D eigenvalue weighted by atomic mass is 10.4. The Hall–Kier alpha value is 0.530. The summed E-state index contributed by atoms with van der Waals surface area (Å²) in [5.41, 5.74) is 0. The Morgan fingerprint density at radius 1 is 1.42 bits per heavy atom. The predicted octanol–water partition coefficient (Wildman–Crippen LogP) is 3.03. The molecule has 0 atom stereocenters. The first-order valence-corrected chi connectivity index (χ1v) is 10.2. The first kappa shape index (κ1) is 17.6. The van der Waals surface area contributed by atoms with Gasteiger partial charge in [0.2, 0.25) is 10.0 Å². The number of halogens is 2. The Labute approximate surface area is 135 Å². The van der Waals surface area contributed by atoms with Crippen molar-refractivity contribution in [1.29, 1.82) is 0 Å². The van der Waals surface area contributed by atoms with Crippen molar-refractivity contribution >= 4 is 53.2 Å². The van der Waals surface area contributed by atoms with Gasteiger partial charge in [0, 0.05) is 29.0 Å². The van der Waals surface area contributed by atoms with Gasteiger partial charge < -0.3 is 5.32 Å². The lowest BCUT2D eigenvalue weighted by Gasteiger charge is -2.17. The van der Waals surface area contributed by atoms with E-state index in [4.69, 9.17) is 0 Å². The minimum Gasteiger partial charge on any atom is -0.312 e. The lowest BCUT2D eigenvalue weighted by molar-refractivity contribution is 0.419. The molecule has 0 saturated heterocycles. The van der Waals surface area contributed by atoms with Crippen molar-refractivity contribution in [3.8, 4) is 0 Å². The summed E-state index contributed by atoms with van der Waals surface area (Å²) >= 11 is 8.60. The van der Waals surface area contributed by atoms with Gasteiger partial charge in [-0.2, -0.15) is 0 Å². The van der Waals surface area contributed by atoms with Gasteiger partial charge in [-0.05, 0) is 50.9 Å². The topological polar surface area (TPSA) is 49.4 Å². The molecule has 0 spiro atoms. The zero-order chi connectivity index (χ0) is 14.5. The SMILES string of the molecule is CCN(CCCNCc1cc(Br)c(Br)s1)S(C)(=O)=O. The first-order valence-electron chi connectivity index (χ1n) is 5.94. The van der Waals surface area contributed by atoms with Gasteiger partial charge in [-0.1, -0.05) is 6.92 Å². The maximum atomic E-state index is 11.4. The van der Waals surface area contributed by atoms with Gasteiger partial charge in [-0.15, -0.1) is 11.3 Å². The summed E-state index contributed by atoms with van der Waals surface area (Å²) in [4.78, 5) is 1.24. The fourth-order valence-electron chi connectivity index (χ4n) is 1.63. The number of nitrogens with one attached hydrogen (secondary N) is 1. The highest BCUT2D eigenvalue weighted by atomic mass is 79.9. The van der Waals surface area contributed by atoms with Crippen molar-refractivity contribution in [2.75, 3.05) is 25.9 Å². The second-order valence-corrected chi connectivity index (χ2v) is 9.41. The normalized spacial score (nSPS) is 12.3. The quantitative estimate of drug-likeness (QED) is 0.641. The van der Waals surface area contributed by atoms with Crippen LogP contribution >= 0.6 is 43.2 Å². The molecule has 1 heterocycles. The summed E-state index contributed by atoms with van der Waals surface area (Å²) in [7, 11) is -3.06. The highest BCUT2D eigenvalue weighted by Crippen LogP contribution is 2.32. The number of thiophene rings is 1. The van der Waals surface area contributed by atoms with E-state index in [0.29, 0.717) is 13.1 Å². The molecule has 1 aromatic heterocycles. The number of rotatable bonds is 8. The van der Waals surface area contributed by atoms with Crippen molar-refractivity contribution in [1.82, 2.24) is 9.62 Å². The van der Waals surface area contributed by atoms with E-state index in [1.807, 2.05) is 6.92 Å². The molecule has 8 heteroatoms. The third-order valence-corrected chi connectivity index (χ3v) is 7.21. The van der Waals surface area contributed by atoms with Gasteiger partial charge in [0.15, 0.2) is 0 Å². The first-order chi connectivity index (χ1) is 8.84. The molecule has 0 bridgehead atoms. The number of sulfonamides is 1. The molecule has 0 saturated carbocycles. The maximum Gasteiger partial charge on any atom is 0.211 e. The number of nitrogens with zero attached hydrogens (tertiary/aromatic N) is 1. The van der Waals surface area contributed by atoms with Gasteiger partial charge in [0.05, 0.1) is 10.0 Å². The Kier molecular flexibility index (Phi) is 7.49. The van der Waals surface area contributed by atoms with Crippen LogP contribution in [0.15, 0.2) is 14.3 Å². The van der Waals surface area contributed by atoms with Gasteiger partial charge in [-0.3, -0.25) is 0 Å². The largest absolute Gasteiger partial charge is 0.312 e. The van der Waals surface area contributed by atoms with E-state index >= 15 is 0 Å². The molecular weight excluding hydrogens is 416 g/mol. The highest BCUT2D eigenvalue weighted by molar-refractivity contribution is 9.13. The van der Waals surface area contributed by atoms with Crippen LogP contribution in [0.4, 0.5) is 0 Å².